The zero-order valence-corrected chi connectivity index (χ0v) is 17.0. The van der Waals surface area contributed by atoms with Crippen LogP contribution in [0.3, 0.4) is 0 Å². The van der Waals surface area contributed by atoms with Crippen molar-refractivity contribution in [1.29, 1.82) is 0 Å². The van der Waals surface area contributed by atoms with E-state index in [1.165, 1.54) is 0 Å². The van der Waals surface area contributed by atoms with E-state index >= 15 is 0 Å². The van der Waals surface area contributed by atoms with Crippen molar-refractivity contribution in [3.05, 3.63) is 102 Å². The maximum Gasteiger partial charge on any atom is 0.134 e. The molecular weight excluding hydrogens is 344 g/mol. The van der Waals surface area contributed by atoms with Crippen LogP contribution in [0, 0.1) is 0 Å². The van der Waals surface area contributed by atoms with Crippen molar-refractivity contribution in [3.8, 4) is 0 Å². The van der Waals surface area contributed by atoms with E-state index in [0.717, 1.165) is 28.1 Å². The van der Waals surface area contributed by atoms with E-state index in [9.17, 15) is 5.11 Å². The third-order valence-corrected chi connectivity index (χ3v) is 4.96. The molecule has 0 spiro atoms. The molecule has 3 rings (SSSR count). The van der Waals surface area contributed by atoms with Crippen LogP contribution in [-0.2, 0) is 5.60 Å². The van der Waals surface area contributed by atoms with Crippen LogP contribution in [0.1, 0.15) is 16.7 Å². The normalized spacial score (nSPS) is 11.6. The summed E-state index contributed by atoms with van der Waals surface area (Å²) in [5, 5.41) is 11.8. The highest BCUT2D eigenvalue weighted by Crippen LogP contribution is 2.34. The molecule has 3 nitrogen and oxygen atoms in total. The molecule has 0 unspecified atom stereocenters. The molecule has 0 aliphatic heterocycles. The molecule has 0 aliphatic rings. The Balaban J connectivity index is 2.05. The Morgan fingerprint density at radius 2 is 1.07 bits per heavy atom. The Morgan fingerprint density at radius 3 is 1.46 bits per heavy atom. The largest absolute Gasteiger partial charge is 0.378 e. The van der Waals surface area contributed by atoms with Crippen LogP contribution in [0.4, 0.5) is 11.4 Å². The van der Waals surface area contributed by atoms with Gasteiger partial charge in [0.1, 0.15) is 5.60 Å². The summed E-state index contributed by atoms with van der Waals surface area (Å²) in [6.45, 7) is 0. The van der Waals surface area contributed by atoms with Crippen molar-refractivity contribution in [2.45, 2.75) is 5.60 Å². The maximum atomic E-state index is 11.8. The zero-order chi connectivity index (χ0) is 20.1. The number of hydrogen-bond donors (Lipinski definition) is 1. The first-order valence-electron chi connectivity index (χ1n) is 9.42. The third kappa shape index (κ3) is 4.26. The predicted molar refractivity (Wildman–Crippen MR) is 120 cm³/mol. The van der Waals surface area contributed by atoms with Crippen molar-refractivity contribution in [2.24, 2.45) is 0 Å². The number of hydrogen-bond acceptors (Lipinski definition) is 3. The second-order valence-corrected chi connectivity index (χ2v) is 7.39. The second kappa shape index (κ2) is 8.32. The van der Waals surface area contributed by atoms with Crippen LogP contribution in [-0.4, -0.2) is 33.3 Å². The Morgan fingerprint density at radius 1 is 0.643 bits per heavy atom. The molecule has 28 heavy (non-hydrogen) atoms. The minimum atomic E-state index is -1.22. The molecule has 0 aliphatic carbocycles. The smallest absolute Gasteiger partial charge is 0.134 e. The zero-order valence-electron chi connectivity index (χ0n) is 17.0. The van der Waals surface area contributed by atoms with Gasteiger partial charge in [0.15, 0.2) is 0 Å². The van der Waals surface area contributed by atoms with E-state index in [1.54, 1.807) is 0 Å². The summed E-state index contributed by atoms with van der Waals surface area (Å²) >= 11 is 0. The second-order valence-electron chi connectivity index (χ2n) is 7.39. The van der Waals surface area contributed by atoms with Crippen LogP contribution in [0.5, 0.6) is 0 Å². The van der Waals surface area contributed by atoms with Gasteiger partial charge in [-0.25, -0.2) is 0 Å². The molecule has 0 radical (unpaired) electrons. The molecule has 0 amide bonds. The topological polar surface area (TPSA) is 26.7 Å². The van der Waals surface area contributed by atoms with Crippen molar-refractivity contribution >= 4 is 17.5 Å². The first-order valence-corrected chi connectivity index (χ1v) is 9.42. The van der Waals surface area contributed by atoms with Crippen LogP contribution in [0.25, 0.3) is 6.08 Å². The van der Waals surface area contributed by atoms with Crippen LogP contribution in [0.2, 0.25) is 0 Å². The lowest BCUT2D eigenvalue weighted by Gasteiger charge is -2.27. The van der Waals surface area contributed by atoms with Crippen molar-refractivity contribution in [1.82, 2.24) is 0 Å². The molecule has 3 heteroatoms. The minimum Gasteiger partial charge on any atom is -0.378 e. The average Bonchev–Trinajstić information content (AvgIpc) is 2.73. The monoisotopic (exact) mass is 372 g/mol. The van der Waals surface area contributed by atoms with E-state index in [0.29, 0.717) is 0 Å². The number of anilines is 2. The number of aliphatic hydroxyl groups is 1. The molecule has 3 aromatic carbocycles. The van der Waals surface area contributed by atoms with Gasteiger partial charge >= 0.3 is 0 Å². The molecule has 0 aromatic heterocycles. The molecule has 0 bridgehead atoms. The Kier molecular flexibility index (Phi) is 5.86. The van der Waals surface area contributed by atoms with E-state index in [2.05, 4.69) is 9.80 Å². The molecule has 0 saturated carbocycles. The van der Waals surface area contributed by atoms with E-state index in [-0.39, 0.29) is 0 Å². The lowest BCUT2D eigenvalue weighted by Crippen LogP contribution is -2.25. The molecule has 144 valence electrons. The first kappa shape index (κ1) is 19.7. The van der Waals surface area contributed by atoms with E-state index in [4.69, 9.17) is 0 Å². The summed E-state index contributed by atoms with van der Waals surface area (Å²) in [5.41, 5.74) is 3.70. The predicted octanol–water partition coefficient (Wildman–Crippen LogP) is 4.77. The number of rotatable bonds is 6. The molecule has 1 N–H and O–H groups in total. The Bertz CT molecular complexity index is 860. The maximum absolute atomic E-state index is 11.8. The first-order chi connectivity index (χ1) is 13.4. The van der Waals surface area contributed by atoms with Crippen LogP contribution >= 0.6 is 0 Å². The van der Waals surface area contributed by atoms with Gasteiger partial charge in [-0.2, -0.15) is 0 Å². The summed E-state index contributed by atoms with van der Waals surface area (Å²) in [6.07, 6.45) is 3.84. The highest BCUT2D eigenvalue weighted by molar-refractivity contribution is 5.57. The van der Waals surface area contributed by atoms with Gasteiger partial charge in [-0.1, -0.05) is 60.7 Å². The Hall–Kier alpha value is -3.04. The van der Waals surface area contributed by atoms with Crippen LogP contribution in [0.15, 0.2) is 84.9 Å². The fourth-order valence-electron chi connectivity index (χ4n) is 3.17. The van der Waals surface area contributed by atoms with E-state index < -0.39 is 5.60 Å². The molecule has 3 aromatic rings. The molecular formula is C25H28N2O. The van der Waals surface area contributed by atoms with E-state index in [1.807, 2.05) is 119 Å². The molecule has 0 heterocycles. The summed E-state index contributed by atoms with van der Waals surface area (Å²) < 4.78 is 0. The van der Waals surface area contributed by atoms with Crippen molar-refractivity contribution < 1.29 is 5.11 Å². The highest BCUT2D eigenvalue weighted by Gasteiger charge is 2.28. The Labute approximate surface area is 168 Å². The van der Waals surface area contributed by atoms with Gasteiger partial charge < -0.3 is 14.9 Å². The average molecular weight is 373 g/mol. The summed E-state index contributed by atoms with van der Waals surface area (Å²) in [6, 6.07) is 26.1. The lowest BCUT2D eigenvalue weighted by atomic mass is 9.85. The van der Waals surface area contributed by atoms with Gasteiger partial charge in [-0.15, -0.1) is 0 Å². The molecule has 0 fully saturated rings. The van der Waals surface area contributed by atoms with Crippen LogP contribution < -0.4 is 9.80 Å². The quantitative estimate of drug-likeness (QED) is 0.675. The molecule has 0 saturated heterocycles. The number of nitrogens with zero attached hydrogens (tertiary/aromatic N) is 2. The van der Waals surface area contributed by atoms with Gasteiger partial charge in [0.2, 0.25) is 0 Å². The lowest BCUT2D eigenvalue weighted by molar-refractivity contribution is 0.135. The minimum absolute atomic E-state index is 0.836. The van der Waals surface area contributed by atoms with Gasteiger partial charge in [-0.05, 0) is 47.0 Å². The third-order valence-electron chi connectivity index (χ3n) is 4.96. The number of benzene rings is 3. The summed E-state index contributed by atoms with van der Waals surface area (Å²) in [5.74, 6) is 0. The van der Waals surface area contributed by atoms with Gasteiger partial charge in [0.05, 0.1) is 0 Å². The van der Waals surface area contributed by atoms with Gasteiger partial charge in [0, 0.05) is 39.6 Å². The van der Waals surface area contributed by atoms with Crippen molar-refractivity contribution in [3.63, 3.8) is 0 Å². The van der Waals surface area contributed by atoms with Gasteiger partial charge in [0.25, 0.3) is 0 Å². The van der Waals surface area contributed by atoms with Crippen molar-refractivity contribution in [2.75, 3.05) is 38.0 Å². The standard InChI is InChI=1S/C25H28N2O/c1-26(2)23-14-10-21(11-15-23)25(28,19-18-20-8-6-5-7-9-20)22-12-16-24(17-13-22)27(3)4/h5-19,28H,1-4H3/b19-18+. The summed E-state index contributed by atoms with van der Waals surface area (Å²) in [4.78, 5) is 4.10. The fraction of sp³-hybridized carbons (Fsp3) is 0.200. The summed E-state index contributed by atoms with van der Waals surface area (Å²) in [7, 11) is 8.04. The SMILES string of the molecule is CN(C)c1ccc(C(O)(/C=C/c2ccccc2)c2ccc(N(C)C)cc2)cc1. The molecule has 0 atom stereocenters. The highest BCUT2D eigenvalue weighted by atomic mass is 16.3. The van der Waals surface area contributed by atoms with Gasteiger partial charge in [-0.3, -0.25) is 0 Å². The fourth-order valence-corrected chi connectivity index (χ4v) is 3.17.